The molecule has 0 atom stereocenters. The molecule has 2 N–H and O–H groups in total. The molecular formula is C8H12N2S2. The number of hydrogen-bond acceptors (Lipinski definition) is 4. The average Bonchev–Trinajstić information content (AvgIpc) is 2.05. The first kappa shape index (κ1) is 9.61. The summed E-state index contributed by atoms with van der Waals surface area (Å²) in [5.41, 5.74) is 7.63. The van der Waals surface area contributed by atoms with Crippen LogP contribution in [0, 0.1) is 0 Å². The van der Waals surface area contributed by atoms with E-state index in [-0.39, 0.29) is 0 Å². The van der Waals surface area contributed by atoms with Gasteiger partial charge in [0.2, 0.25) is 0 Å². The fraction of sp³-hybridized carbons (Fsp3) is 0.250. The Hall–Kier alpha value is -0.480. The maximum absolute atomic E-state index is 5.71. The molecule has 0 spiro atoms. The maximum Gasteiger partial charge on any atom is 0.0462 e. The molecule has 0 saturated heterocycles. The number of rotatable bonds is 2. The smallest absolute Gasteiger partial charge is 0.0462 e. The molecule has 0 amide bonds. The fourth-order valence-corrected chi connectivity index (χ4v) is 1.70. The van der Waals surface area contributed by atoms with Crippen molar-refractivity contribution >= 4 is 33.8 Å². The lowest BCUT2D eigenvalue weighted by atomic mass is 10.3. The zero-order valence-corrected chi connectivity index (χ0v) is 8.82. The van der Waals surface area contributed by atoms with Crippen LogP contribution in [-0.4, -0.2) is 14.1 Å². The second-order valence-corrected chi connectivity index (χ2v) is 3.88. The first-order valence-electron chi connectivity index (χ1n) is 3.53. The molecule has 2 nitrogen and oxygen atoms in total. The zero-order valence-electron chi connectivity index (χ0n) is 7.11. The largest absolute Gasteiger partial charge is 0.398 e. The molecule has 0 heterocycles. The van der Waals surface area contributed by atoms with Gasteiger partial charge in [-0.15, -0.1) is 11.7 Å². The summed E-state index contributed by atoms with van der Waals surface area (Å²) in [7, 11) is 5.37. The Morgan fingerprint density at radius 2 is 2.08 bits per heavy atom. The molecule has 0 aromatic heterocycles. The van der Waals surface area contributed by atoms with Crippen LogP contribution in [0.2, 0.25) is 0 Å². The van der Waals surface area contributed by atoms with Gasteiger partial charge in [0.1, 0.15) is 0 Å². The Bertz CT molecular complexity index is 274. The molecule has 0 saturated carbocycles. The minimum atomic E-state index is 0.778. The number of nitrogen functional groups attached to an aromatic ring is 1. The lowest BCUT2D eigenvalue weighted by Gasteiger charge is -2.13. The van der Waals surface area contributed by atoms with Gasteiger partial charge in [-0.3, -0.25) is 0 Å². The van der Waals surface area contributed by atoms with Gasteiger partial charge in [-0.05, 0) is 18.2 Å². The molecule has 1 aromatic carbocycles. The Balaban J connectivity index is 3.05. The third kappa shape index (κ3) is 2.01. The van der Waals surface area contributed by atoms with E-state index in [0.717, 1.165) is 16.3 Å². The molecule has 0 aliphatic rings. The van der Waals surface area contributed by atoms with Crippen LogP contribution in [0.25, 0.3) is 0 Å². The number of anilines is 2. The highest BCUT2D eigenvalue weighted by atomic mass is 33.1. The van der Waals surface area contributed by atoms with Crippen LogP contribution in [-0.2, 0) is 0 Å². The van der Waals surface area contributed by atoms with E-state index in [9.17, 15) is 0 Å². The first-order valence-corrected chi connectivity index (χ1v) is 5.40. The van der Waals surface area contributed by atoms with Crippen molar-refractivity contribution in [3.05, 3.63) is 18.2 Å². The van der Waals surface area contributed by atoms with Gasteiger partial charge < -0.3 is 10.6 Å². The summed E-state index contributed by atoms with van der Waals surface area (Å²) in [5, 5.41) is 0. The summed E-state index contributed by atoms with van der Waals surface area (Å²) in [6, 6.07) is 5.91. The van der Waals surface area contributed by atoms with Gasteiger partial charge in [-0.1, -0.05) is 10.8 Å². The summed E-state index contributed by atoms with van der Waals surface area (Å²) in [5.74, 6) is 0. The van der Waals surface area contributed by atoms with E-state index < -0.39 is 0 Å². The molecule has 1 aromatic rings. The molecule has 0 radical (unpaired) electrons. The van der Waals surface area contributed by atoms with Crippen LogP contribution in [0.1, 0.15) is 0 Å². The molecule has 0 aliphatic heterocycles. The van der Waals surface area contributed by atoms with Crippen molar-refractivity contribution in [2.45, 2.75) is 4.90 Å². The first-order chi connectivity index (χ1) is 5.65. The van der Waals surface area contributed by atoms with E-state index in [2.05, 4.69) is 11.7 Å². The summed E-state index contributed by atoms with van der Waals surface area (Å²) in [6.45, 7) is 0. The molecule has 12 heavy (non-hydrogen) atoms. The van der Waals surface area contributed by atoms with Crippen LogP contribution in [0.15, 0.2) is 23.1 Å². The van der Waals surface area contributed by atoms with Gasteiger partial charge in [0.15, 0.2) is 0 Å². The molecule has 0 bridgehead atoms. The summed E-state index contributed by atoms with van der Waals surface area (Å²) < 4.78 is 0. The average molecular weight is 200 g/mol. The van der Waals surface area contributed by atoms with Gasteiger partial charge >= 0.3 is 0 Å². The second kappa shape index (κ2) is 3.96. The van der Waals surface area contributed by atoms with Gasteiger partial charge in [0.05, 0.1) is 0 Å². The van der Waals surface area contributed by atoms with Crippen LogP contribution >= 0.6 is 22.5 Å². The second-order valence-electron chi connectivity index (χ2n) is 2.71. The molecule has 0 aliphatic carbocycles. The number of nitrogens with zero attached hydrogens (tertiary/aromatic N) is 1. The SMILES string of the molecule is CN(C)c1ccc(N)c(SS)c1. The van der Waals surface area contributed by atoms with E-state index in [1.54, 1.807) is 0 Å². The molecule has 0 unspecified atom stereocenters. The highest BCUT2D eigenvalue weighted by Gasteiger charge is 2.00. The van der Waals surface area contributed by atoms with Gasteiger partial charge in [0, 0.05) is 30.4 Å². The van der Waals surface area contributed by atoms with E-state index >= 15 is 0 Å². The van der Waals surface area contributed by atoms with E-state index in [1.165, 1.54) is 10.8 Å². The monoisotopic (exact) mass is 200 g/mol. The molecular weight excluding hydrogens is 188 g/mol. The predicted molar refractivity (Wildman–Crippen MR) is 60.0 cm³/mol. The zero-order chi connectivity index (χ0) is 9.14. The quantitative estimate of drug-likeness (QED) is 0.436. The van der Waals surface area contributed by atoms with Gasteiger partial charge in [-0.25, -0.2) is 0 Å². The van der Waals surface area contributed by atoms with Crippen LogP contribution in [0.3, 0.4) is 0 Å². The van der Waals surface area contributed by atoms with E-state index in [1.807, 2.05) is 37.2 Å². The van der Waals surface area contributed by atoms with Crippen molar-refractivity contribution < 1.29 is 0 Å². The van der Waals surface area contributed by atoms with Crippen molar-refractivity contribution in [1.29, 1.82) is 0 Å². The topological polar surface area (TPSA) is 29.3 Å². The summed E-state index contributed by atoms with van der Waals surface area (Å²) >= 11 is 4.11. The van der Waals surface area contributed by atoms with Crippen molar-refractivity contribution in [3.8, 4) is 0 Å². The number of hydrogen-bond donors (Lipinski definition) is 2. The maximum atomic E-state index is 5.71. The Kier molecular flexibility index (Phi) is 3.17. The van der Waals surface area contributed by atoms with Crippen molar-refractivity contribution in [2.75, 3.05) is 24.7 Å². The van der Waals surface area contributed by atoms with Gasteiger partial charge in [-0.2, -0.15) is 0 Å². The Morgan fingerprint density at radius 3 is 2.58 bits per heavy atom. The highest BCUT2D eigenvalue weighted by Crippen LogP contribution is 2.30. The van der Waals surface area contributed by atoms with Crippen LogP contribution < -0.4 is 10.6 Å². The van der Waals surface area contributed by atoms with Crippen molar-refractivity contribution in [3.63, 3.8) is 0 Å². The third-order valence-corrected chi connectivity index (χ3v) is 2.75. The Labute approximate surface area is 81.9 Å². The minimum Gasteiger partial charge on any atom is -0.398 e. The highest BCUT2D eigenvalue weighted by molar-refractivity contribution is 8.68. The lowest BCUT2D eigenvalue weighted by Crippen LogP contribution is -2.08. The number of thiol groups is 1. The van der Waals surface area contributed by atoms with E-state index in [4.69, 9.17) is 5.73 Å². The van der Waals surface area contributed by atoms with E-state index in [0.29, 0.717) is 0 Å². The van der Waals surface area contributed by atoms with Crippen molar-refractivity contribution in [2.24, 2.45) is 0 Å². The predicted octanol–water partition coefficient (Wildman–Crippen LogP) is 2.27. The Morgan fingerprint density at radius 1 is 1.42 bits per heavy atom. The molecule has 66 valence electrons. The minimum absolute atomic E-state index is 0.778. The standard InChI is InChI=1S/C8H12N2S2/c1-10(2)6-3-4-7(9)8(5-6)12-11/h3-5,11H,9H2,1-2H3. The molecule has 0 fully saturated rings. The van der Waals surface area contributed by atoms with Crippen LogP contribution in [0.4, 0.5) is 11.4 Å². The normalized spacial score (nSPS) is 9.92. The number of nitrogens with two attached hydrogens (primary N) is 1. The van der Waals surface area contributed by atoms with Gasteiger partial charge in [0.25, 0.3) is 0 Å². The summed E-state index contributed by atoms with van der Waals surface area (Å²) in [4.78, 5) is 3.04. The third-order valence-electron chi connectivity index (χ3n) is 1.61. The van der Waals surface area contributed by atoms with Crippen molar-refractivity contribution in [1.82, 2.24) is 0 Å². The fourth-order valence-electron chi connectivity index (χ4n) is 0.880. The summed E-state index contributed by atoms with van der Waals surface area (Å²) in [6.07, 6.45) is 0. The molecule has 4 heteroatoms. The van der Waals surface area contributed by atoms with Crippen LogP contribution in [0.5, 0.6) is 0 Å². The molecule has 1 rings (SSSR count). The lowest BCUT2D eigenvalue weighted by molar-refractivity contribution is 1.12. The number of benzene rings is 1.